The molecule has 2 heterocycles. The molecule has 14 heavy (non-hydrogen) atoms. The number of thioether (sulfide) groups is 1. The predicted molar refractivity (Wildman–Crippen MR) is 58.3 cm³/mol. The molecule has 1 aliphatic heterocycles. The van der Waals surface area contributed by atoms with Crippen molar-refractivity contribution in [3.63, 3.8) is 0 Å². The van der Waals surface area contributed by atoms with Crippen molar-refractivity contribution in [1.82, 2.24) is 4.98 Å². The molecule has 1 aromatic heterocycles. The third-order valence-electron chi connectivity index (χ3n) is 2.41. The largest absolute Gasteiger partial charge is 0.366 e. The van der Waals surface area contributed by atoms with Gasteiger partial charge in [0.05, 0.1) is 11.9 Å². The lowest BCUT2D eigenvalue weighted by atomic mass is 10.2. The van der Waals surface area contributed by atoms with E-state index in [1.54, 1.807) is 12.3 Å². The van der Waals surface area contributed by atoms with Gasteiger partial charge in [0.2, 0.25) is 5.95 Å². The Morgan fingerprint density at radius 3 is 3.07 bits per heavy atom. The third kappa shape index (κ3) is 2.00. The summed E-state index contributed by atoms with van der Waals surface area (Å²) in [5.41, 5.74) is 1.03. The van der Waals surface area contributed by atoms with E-state index in [-0.39, 0.29) is 0 Å². The highest BCUT2D eigenvalue weighted by Gasteiger charge is 2.18. The van der Waals surface area contributed by atoms with Crippen LogP contribution in [-0.4, -0.2) is 29.1 Å². The van der Waals surface area contributed by atoms with Gasteiger partial charge in [0.15, 0.2) is 0 Å². The Bertz CT molecular complexity index is 301. The molecule has 76 valence electrons. The summed E-state index contributed by atoms with van der Waals surface area (Å²) in [7, 11) is 0. The SMILES string of the molecule is CC1CSCCN1c1ccc(F)nc1. The van der Waals surface area contributed by atoms with Crippen LogP contribution in [0.15, 0.2) is 18.3 Å². The molecule has 1 fully saturated rings. The van der Waals surface area contributed by atoms with Crippen LogP contribution in [0.1, 0.15) is 6.92 Å². The van der Waals surface area contributed by atoms with E-state index in [0.29, 0.717) is 6.04 Å². The van der Waals surface area contributed by atoms with Gasteiger partial charge < -0.3 is 4.90 Å². The minimum atomic E-state index is -0.409. The molecule has 0 radical (unpaired) electrons. The van der Waals surface area contributed by atoms with Crippen molar-refractivity contribution in [1.29, 1.82) is 0 Å². The Balaban J connectivity index is 2.16. The van der Waals surface area contributed by atoms with Gasteiger partial charge in [-0.3, -0.25) is 0 Å². The molecule has 1 saturated heterocycles. The van der Waals surface area contributed by atoms with Crippen molar-refractivity contribution < 1.29 is 4.39 Å². The highest BCUT2D eigenvalue weighted by atomic mass is 32.2. The standard InChI is InChI=1S/C10H13FN2S/c1-8-7-14-5-4-13(8)9-2-3-10(11)12-6-9/h2-3,6,8H,4-5,7H2,1H3. The number of halogens is 1. The first-order chi connectivity index (χ1) is 6.77. The van der Waals surface area contributed by atoms with E-state index >= 15 is 0 Å². The summed E-state index contributed by atoms with van der Waals surface area (Å²) in [6, 6.07) is 3.74. The van der Waals surface area contributed by atoms with E-state index in [0.717, 1.165) is 23.7 Å². The maximum absolute atomic E-state index is 12.6. The second-order valence-corrected chi connectivity index (χ2v) is 4.61. The van der Waals surface area contributed by atoms with Crippen LogP contribution >= 0.6 is 11.8 Å². The van der Waals surface area contributed by atoms with Crippen LogP contribution in [0.3, 0.4) is 0 Å². The zero-order chi connectivity index (χ0) is 9.97. The zero-order valence-electron chi connectivity index (χ0n) is 8.11. The fourth-order valence-corrected chi connectivity index (χ4v) is 2.66. The number of nitrogens with zero attached hydrogens (tertiary/aromatic N) is 2. The van der Waals surface area contributed by atoms with E-state index < -0.39 is 5.95 Å². The summed E-state index contributed by atoms with van der Waals surface area (Å²) < 4.78 is 12.6. The third-order valence-corrected chi connectivity index (χ3v) is 3.60. The molecule has 0 bridgehead atoms. The summed E-state index contributed by atoms with van der Waals surface area (Å²) in [6.07, 6.45) is 1.61. The number of rotatable bonds is 1. The van der Waals surface area contributed by atoms with Gasteiger partial charge in [0.1, 0.15) is 0 Å². The monoisotopic (exact) mass is 212 g/mol. The first-order valence-corrected chi connectivity index (χ1v) is 5.89. The molecule has 1 aromatic rings. The zero-order valence-corrected chi connectivity index (χ0v) is 8.93. The van der Waals surface area contributed by atoms with Crippen molar-refractivity contribution in [3.05, 3.63) is 24.3 Å². The van der Waals surface area contributed by atoms with Crippen LogP contribution in [-0.2, 0) is 0 Å². The van der Waals surface area contributed by atoms with Gasteiger partial charge in [0.25, 0.3) is 0 Å². The maximum Gasteiger partial charge on any atom is 0.212 e. The lowest BCUT2D eigenvalue weighted by molar-refractivity contribution is 0.582. The molecule has 0 aromatic carbocycles. The van der Waals surface area contributed by atoms with Gasteiger partial charge in [-0.15, -0.1) is 0 Å². The molecular weight excluding hydrogens is 199 g/mol. The minimum absolute atomic E-state index is 0.409. The lowest BCUT2D eigenvalue weighted by Gasteiger charge is -2.34. The molecule has 2 rings (SSSR count). The Labute approximate surface area is 87.5 Å². The molecule has 1 unspecified atom stereocenters. The summed E-state index contributed by atoms with van der Waals surface area (Å²) >= 11 is 1.97. The first kappa shape index (κ1) is 9.77. The topological polar surface area (TPSA) is 16.1 Å². The van der Waals surface area contributed by atoms with E-state index in [4.69, 9.17) is 0 Å². The molecule has 0 spiro atoms. The van der Waals surface area contributed by atoms with Crippen LogP contribution in [0.25, 0.3) is 0 Å². The summed E-state index contributed by atoms with van der Waals surface area (Å²) in [5.74, 6) is 1.87. The summed E-state index contributed by atoms with van der Waals surface area (Å²) in [6.45, 7) is 3.22. The van der Waals surface area contributed by atoms with Crippen molar-refractivity contribution in [2.45, 2.75) is 13.0 Å². The first-order valence-electron chi connectivity index (χ1n) is 4.73. The number of hydrogen-bond donors (Lipinski definition) is 0. The van der Waals surface area contributed by atoms with Crippen LogP contribution in [0.5, 0.6) is 0 Å². The highest BCUT2D eigenvalue weighted by molar-refractivity contribution is 7.99. The molecule has 1 aliphatic rings. The molecular formula is C10H13FN2S. The maximum atomic E-state index is 12.6. The Hall–Kier alpha value is -0.770. The smallest absolute Gasteiger partial charge is 0.212 e. The average Bonchev–Trinajstić information content (AvgIpc) is 2.20. The summed E-state index contributed by atoms with van der Waals surface area (Å²) in [5, 5.41) is 0. The number of pyridine rings is 1. The predicted octanol–water partition coefficient (Wildman–Crippen LogP) is 2.16. The van der Waals surface area contributed by atoms with Gasteiger partial charge in [-0.2, -0.15) is 16.2 Å². The second-order valence-electron chi connectivity index (χ2n) is 3.46. The molecule has 4 heteroatoms. The van der Waals surface area contributed by atoms with Crippen molar-refractivity contribution in [2.75, 3.05) is 23.0 Å². The van der Waals surface area contributed by atoms with Gasteiger partial charge in [-0.1, -0.05) is 0 Å². The molecule has 2 nitrogen and oxygen atoms in total. The van der Waals surface area contributed by atoms with Gasteiger partial charge in [-0.25, -0.2) is 4.98 Å². The highest BCUT2D eigenvalue weighted by Crippen LogP contribution is 2.22. The van der Waals surface area contributed by atoms with Crippen LogP contribution < -0.4 is 4.90 Å². The van der Waals surface area contributed by atoms with Crippen molar-refractivity contribution >= 4 is 17.4 Å². The minimum Gasteiger partial charge on any atom is -0.366 e. The fraction of sp³-hybridized carbons (Fsp3) is 0.500. The fourth-order valence-electron chi connectivity index (χ4n) is 1.65. The number of hydrogen-bond acceptors (Lipinski definition) is 3. The van der Waals surface area contributed by atoms with Crippen molar-refractivity contribution in [2.24, 2.45) is 0 Å². The Kier molecular flexibility index (Phi) is 2.91. The quantitative estimate of drug-likeness (QED) is 0.664. The normalized spacial score (nSPS) is 22.4. The van der Waals surface area contributed by atoms with E-state index in [1.807, 2.05) is 11.8 Å². The lowest BCUT2D eigenvalue weighted by Crippen LogP contribution is -2.40. The van der Waals surface area contributed by atoms with E-state index in [2.05, 4.69) is 16.8 Å². The average molecular weight is 212 g/mol. The molecule has 0 aliphatic carbocycles. The Morgan fingerprint density at radius 1 is 1.57 bits per heavy atom. The summed E-state index contributed by atoms with van der Waals surface area (Å²) in [4.78, 5) is 5.95. The van der Waals surface area contributed by atoms with Gasteiger partial charge in [-0.05, 0) is 19.1 Å². The van der Waals surface area contributed by atoms with Gasteiger partial charge in [0, 0.05) is 24.1 Å². The van der Waals surface area contributed by atoms with Crippen LogP contribution in [0.4, 0.5) is 10.1 Å². The molecule has 0 amide bonds. The Morgan fingerprint density at radius 2 is 2.43 bits per heavy atom. The van der Waals surface area contributed by atoms with Crippen molar-refractivity contribution in [3.8, 4) is 0 Å². The van der Waals surface area contributed by atoms with Crippen LogP contribution in [0, 0.1) is 5.95 Å². The molecule has 0 saturated carbocycles. The second kappa shape index (κ2) is 4.17. The van der Waals surface area contributed by atoms with Crippen LogP contribution in [0.2, 0.25) is 0 Å². The number of aromatic nitrogens is 1. The van der Waals surface area contributed by atoms with E-state index in [1.165, 1.54) is 6.07 Å². The van der Waals surface area contributed by atoms with Gasteiger partial charge >= 0.3 is 0 Å². The number of anilines is 1. The molecule has 0 N–H and O–H groups in total. The molecule has 1 atom stereocenters. The van der Waals surface area contributed by atoms with E-state index in [9.17, 15) is 4.39 Å².